The number of halogens is 2. The van der Waals surface area contributed by atoms with E-state index in [1.807, 2.05) is 32.9 Å². The third-order valence-corrected chi connectivity index (χ3v) is 5.80. The molecule has 3 rings (SSSR count). The van der Waals surface area contributed by atoms with Crippen molar-refractivity contribution in [3.8, 4) is 23.1 Å². The van der Waals surface area contributed by atoms with Gasteiger partial charge in [-0.15, -0.1) is 0 Å². The highest BCUT2D eigenvalue weighted by Crippen LogP contribution is 2.38. The van der Waals surface area contributed by atoms with Crippen LogP contribution in [0.1, 0.15) is 39.2 Å². The Balaban J connectivity index is 1.78. The summed E-state index contributed by atoms with van der Waals surface area (Å²) in [6, 6.07) is 8.07. The van der Waals surface area contributed by atoms with Gasteiger partial charge >= 0.3 is 6.09 Å². The number of ether oxygens (including phenoxy) is 2. The number of piperidine rings is 1. The topological polar surface area (TPSA) is 87.5 Å². The van der Waals surface area contributed by atoms with Crippen LogP contribution in [0.25, 0.3) is 11.3 Å². The number of rotatable bonds is 4. The number of hydrogen-bond acceptors (Lipinski definition) is 6. The van der Waals surface area contributed by atoms with E-state index < -0.39 is 17.5 Å². The summed E-state index contributed by atoms with van der Waals surface area (Å²) in [7, 11) is 1.56. The van der Waals surface area contributed by atoms with Crippen LogP contribution >= 0.6 is 15.9 Å². The van der Waals surface area contributed by atoms with Gasteiger partial charge in [0.2, 0.25) is 0 Å². The van der Waals surface area contributed by atoms with E-state index in [2.05, 4.69) is 26.1 Å². The number of carbonyl (C=O) groups excluding carboxylic acids is 1. The largest absolute Gasteiger partial charge is 0.495 e. The van der Waals surface area contributed by atoms with E-state index in [9.17, 15) is 9.18 Å². The van der Waals surface area contributed by atoms with Gasteiger partial charge in [-0.1, -0.05) is 6.07 Å². The molecular weight excluding hydrogens is 479 g/mol. The molecule has 1 saturated heterocycles. The minimum atomic E-state index is -0.600. The van der Waals surface area contributed by atoms with E-state index in [0.717, 1.165) is 12.8 Å². The molecule has 1 N–H and O–H groups in total. The molecule has 2 heterocycles. The van der Waals surface area contributed by atoms with Gasteiger partial charge in [0.1, 0.15) is 29.1 Å². The third-order valence-electron chi connectivity index (χ3n) is 5.03. The summed E-state index contributed by atoms with van der Waals surface area (Å²) in [5, 5.41) is 11.9. The quantitative estimate of drug-likeness (QED) is 0.628. The van der Waals surface area contributed by atoms with Crippen LogP contribution in [-0.2, 0) is 4.74 Å². The van der Waals surface area contributed by atoms with Crippen molar-refractivity contribution in [2.45, 2.75) is 45.3 Å². The van der Waals surface area contributed by atoms with Crippen molar-refractivity contribution >= 4 is 27.8 Å². The van der Waals surface area contributed by atoms with Crippen LogP contribution in [0.4, 0.5) is 15.0 Å². The van der Waals surface area contributed by atoms with Gasteiger partial charge in [-0.2, -0.15) is 5.26 Å². The number of nitrogens with zero attached hydrogens (tertiary/aromatic N) is 3. The first-order chi connectivity index (χ1) is 15.1. The van der Waals surface area contributed by atoms with Crippen molar-refractivity contribution in [2.24, 2.45) is 0 Å². The molecule has 9 heteroatoms. The molecule has 1 aromatic heterocycles. The van der Waals surface area contributed by atoms with Gasteiger partial charge in [0.15, 0.2) is 0 Å². The number of methoxy groups -OCH3 is 1. The Morgan fingerprint density at radius 2 is 2.00 bits per heavy atom. The highest BCUT2D eigenvalue weighted by molar-refractivity contribution is 9.10. The highest BCUT2D eigenvalue weighted by Gasteiger charge is 2.25. The van der Waals surface area contributed by atoms with Crippen LogP contribution in [-0.4, -0.2) is 42.9 Å². The average Bonchev–Trinajstić information content (AvgIpc) is 2.73. The molecule has 0 spiro atoms. The van der Waals surface area contributed by atoms with Gasteiger partial charge in [-0.3, -0.25) is 0 Å². The number of nitrogens with one attached hydrogen (secondary N) is 1. The summed E-state index contributed by atoms with van der Waals surface area (Å²) in [4.78, 5) is 18.9. The lowest BCUT2D eigenvalue weighted by molar-refractivity contribution is 0.0497. The van der Waals surface area contributed by atoms with Crippen molar-refractivity contribution in [1.82, 2.24) is 10.3 Å². The smallest absolute Gasteiger partial charge is 0.407 e. The molecular formula is C23H26BrFN4O3. The van der Waals surface area contributed by atoms with E-state index in [1.54, 1.807) is 13.2 Å². The minimum Gasteiger partial charge on any atom is -0.495 e. The second kappa shape index (κ2) is 9.74. The second-order valence-corrected chi connectivity index (χ2v) is 9.35. The van der Waals surface area contributed by atoms with E-state index in [4.69, 9.17) is 19.7 Å². The predicted molar refractivity (Wildman–Crippen MR) is 123 cm³/mol. The Hall–Kier alpha value is -2.86. The summed E-state index contributed by atoms with van der Waals surface area (Å²) in [6.45, 7) is 6.86. The molecule has 2 aromatic rings. The Morgan fingerprint density at radius 1 is 1.31 bits per heavy atom. The van der Waals surface area contributed by atoms with Crippen molar-refractivity contribution < 1.29 is 18.7 Å². The summed E-state index contributed by atoms with van der Waals surface area (Å²) in [5.41, 5.74) is 0.503. The molecule has 1 amide bonds. The van der Waals surface area contributed by atoms with Crippen molar-refractivity contribution in [3.63, 3.8) is 0 Å². The summed E-state index contributed by atoms with van der Waals surface area (Å²) < 4.78 is 25.6. The lowest BCUT2D eigenvalue weighted by atomic mass is 10.0. The molecule has 0 atom stereocenters. The Morgan fingerprint density at radius 3 is 2.56 bits per heavy atom. The van der Waals surface area contributed by atoms with E-state index in [-0.39, 0.29) is 11.6 Å². The molecule has 0 radical (unpaired) electrons. The molecule has 1 aliphatic heterocycles. The number of alkyl carbamates (subject to hydrolysis) is 1. The number of carbonyl (C=O) groups is 1. The van der Waals surface area contributed by atoms with Crippen molar-refractivity contribution in [1.29, 1.82) is 5.26 Å². The van der Waals surface area contributed by atoms with Gasteiger partial charge in [-0.05, 0) is 61.7 Å². The number of hydrogen-bond donors (Lipinski definition) is 1. The van der Waals surface area contributed by atoms with Crippen LogP contribution in [0.5, 0.6) is 5.75 Å². The Bertz CT molecular complexity index is 1040. The van der Waals surface area contributed by atoms with E-state index >= 15 is 0 Å². The summed E-state index contributed by atoms with van der Waals surface area (Å²) in [5.74, 6) is 0.668. The number of amides is 1. The van der Waals surface area contributed by atoms with Gasteiger partial charge in [0.05, 0.1) is 22.8 Å². The maximum absolute atomic E-state index is 14.2. The van der Waals surface area contributed by atoms with Crippen molar-refractivity contribution in [2.75, 3.05) is 25.1 Å². The third kappa shape index (κ3) is 5.68. The first-order valence-electron chi connectivity index (χ1n) is 10.3. The van der Waals surface area contributed by atoms with E-state index in [0.29, 0.717) is 40.4 Å². The SMILES string of the molecule is COc1cc(N2CCC(NC(=O)OC(C)(C)C)CC2)nc(-c2ccc(C#N)c(F)c2)c1Br. The molecule has 7 nitrogen and oxygen atoms in total. The molecule has 1 fully saturated rings. The molecule has 1 aliphatic rings. The average molecular weight is 505 g/mol. The number of nitriles is 1. The van der Waals surface area contributed by atoms with E-state index in [1.165, 1.54) is 12.1 Å². The predicted octanol–water partition coefficient (Wildman–Crippen LogP) is 5.02. The lowest BCUT2D eigenvalue weighted by Gasteiger charge is -2.34. The molecule has 0 saturated carbocycles. The molecule has 0 bridgehead atoms. The maximum Gasteiger partial charge on any atom is 0.407 e. The highest BCUT2D eigenvalue weighted by atomic mass is 79.9. The zero-order valence-electron chi connectivity index (χ0n) is 18.5. The summed E-state index contributed by atoms with van der Waals surface area (Å²) >= 11 is 3.50. The Kier molecular flexibility index (Phi) is 7.24. The van der Waals surface area contributed by atoms with Gasteiger partial charge in [0.25, 0.3) is 0 Å². The number of pyridine rings is 1. The molecule has 1 aromatic carbocycles. The molecule has 170 valence electrons. The van der Waals surface area contributed by atoms with Crippen LogP contribution in [0.3, 0.4) is 0 Å². The second-order valence-electron chi connectivity index (χ2n) is 8.56. The molecule has 0 unspecified atom stereocenters. The monoisotopic (exact) mass is 504 g/mol. The summed E-state index contributed by atoms with van der Waals surface area (Å²) in [6.07, 6.45) is 1.06. The fourth-order valence-corrected chi connectivity index (χ4v) is 4.07. The fraction of sp³-hybridized carbons (Fsp3) is 0.435. The number of benzene rings is 1. The van der Waals surface area contributed by atoms with Gasteiger partial charge < -0.3 is 19.7 Å². The zero-order valence-corrected chi connectivity index (χ0v) is 20.1. The molecule has 32 heavy (non-hydrogen) atoms. The van der Waals surface area contributed by atoms with Crippen LogP contribution < -0.4 is 15.0 Å². The van der Waals surface area contributed by atoms with Crippen LogP contribution in [0.15, 0.2) is 28.7 Å². The number of anilines is 1. The first kappa shape index (κ1) is 23.8. The van der Waals surface area contributed by atoms with Crippen LogP contribution in [0, 0.1) is 17.1 Å². The fourth-order valence-electron chi connectivity index (χ4n) is 3.48. The van der Waals surface area contributed by atoms with Crippen LogP contribution in [0.2, 0.25) is 0 Å². The number of aromatic nitrogens is 1. The zero-order chi connectivity index (χ0) is 23.5. The standard InChI is InChI=1S/C23H26BrFN4O3/c1-23(2,3)32-22(30)27-16-7-9-29(10-8-16)19-12-18(31-4)20(24)21(28-19)14-5-6-15(13-26)17(25)11-14/h5-6,11-12,16H,7-10H2,1-4H3,(H,27,30). The van der Waals surface area contributed by atoms with Gasteiger partial charge in [-0.25, -0.2) is 14.2 Å². The molecule has 0 aliphatic carbocycles. The normalized spacial score (nSPS) is 14.6. The Labute approximate surface area is 195 Å². The first-order valence-corrected chi connectivity index (χ1v) is 11.1. The van der Waals surface area contributed by atoms with Crippen molar-refractivity contribution in [3.05, 3.63) is 40.1 Å². The van der Waals surface area contributed by atoms with Gasteiger partial charge in [0, 0.05) is 30.8 Å². The maximum atomic E-state index is 14.2. The lowest BCUT2D eigenvalue weighted by Crippen LogP contribution is -2.46. The minimum absolute atomic E-state index is 0.0190.